The van der Waals surface area contributed by atoms with Gasteiger partial charge in [0.2, 0.25) is 0 Å². The molecule has 0 amide bonds. The first-order valence-electron chi connectivity index (χ1n) is 5.88. The molecule has 86 valence electrons. The maximum absolute atomic E-state index is 13.5. The van der Waals surface area contributed by atoms with Gasteiger partial charge >= 0.3 is 0 Å². The molecule has 1 aromatic rings. The van der Waals surface area contributed by atoms with Gasteiger partial charge in [-0.05, 0) is 36.3 Å². The van der Waals surface area contributed by atoms with Crippen LogP contribution in [0.2, 0.25) is 0 Å². The van der Waals surface area contributed by atoms with Gasteiger partial charge in [-0.3, -0.25) is 0 Å². The molecule has 1 fully saturated rings. The van der Waals surface area contributed by atoms with Crippen LogP contribution in [0.15, 0.2) is 18.2 Å². The number of rotatable bonds is 0. The maximum atomic E-state index is 13.5. The van der Waals surface area contributed by atoms with Gasteiger partial charge < -0.3 is 10.1 Å². The van der Waals surface area contributed by atoms with E-state index in [1.807, 2.05) is 6.07 Å². The van der Waals surface area contributed by atoms with E-state index in [4.69, 9.17) is 4.74 Å². The van der Waals surface area contributed by atoms with Crippen molar-refractivity contribution in [2.75, 3.05) is 25.1 Å². The molecule has 3 heteroatoms. The second-order valence-electron chi connectivity index (χ2n) is 4.92. The van der Waals surface area contributed by atoms with E-state index in [0.29, 0.717) is 11.1 Å². The zero-order valence-electron chi connectivity index (χ0n) is 9.26. The summed E-state index contributed by atoms with van der Waals surface area (Å²) in [6.07, 6.45) is 3.14. The third kappa shape index (κ3) is 1.59. The number of nitrogens with one attached hydrogen (secondary N) is 1. The molecule has 0 radical (unpaired) electrons. The number of ether oxygens (including phenoxy) is 1. The largest absolute Gasteiger partial charge is 0.382 e. The average molecular weight is 221 g/mol. The van der Waals surface area contributed by atoms with Crippen molar-refractivity contribution in [3.05, 3.63) is 29.6 Å². The minimum Gasteiger partial charge on any atom is -0.382 e. The zero-order valence-corrected chi connectivity index (χ0v) is 9.26. The van der Waals surface area contributed by atoms with Crippen molar-refractivity contribution in [1.29, 1.82) is 0 Å². The topological polar surface area (TPSA) is 21.3 Å². The lowest BCUT2D eigenvalue weighted by Gasteiger charge is -2.41. The second-order valence-corrected chi connectivity index (χ2v) is 4.92. The van der Waals surface area contributed by atoms with Crippen LogP contribution in [-0.2, 0) is 11.2 Å². The van der Waals surface area contributed by atoms with E-state index in [1.54, 1.807) is 6.07 Å². The molecular weight excluding hydrogens is 205 g/mol. The van der Waals surface area contributed by atoms with Gasteiger partial charge in [0.05, 0.1) is 5.69 Å². The molecule has 1 aromatic carbocycles. The zero-order chi connectivity index (χ0) is 11.0. The second kappa shape index (κ2) is 3.74. The number of anilines is 1. The van der Waals surface area contributed by atoms with E-state index in [-0.39, 0.29) is 5.82 Å². The van der Waals surface area contributed by atoms with E-state index < -0.39 is 0 Å². The molecular formula is C13H16FNO. The molecule has 0 bridgehead atoms. The van der Waals surface area contributed by atoms with Crippen molar-refractivity contribution in [3.8, 4) is 0 Å². The summed E-state index contributed by atoms with van der Waals surface area (Å²) < 4.78 is 18.9. The first-order chi connectivity index (χ1) is 7.79. The summed E-state index contributed by atoms with van der Waals surface area (Å²) in [5, 5.41) is 3.26. The average Bonchev–Trinajstić information content (AvgIpc) is 2.30. The summed E-state index contributed by atoms with van der Waals surface area (Å²) in [5.41, 5.74) is 2.12. The Morgan fingerprint density at radius 1 is 1.25 bits per heavy atom. The minimum absolute atomic E-state index is 0.126. The summed E-state index contributed by atoms with van der Waals surface area (Å²) >= 11 is 0. The summed E-state index contributed by atoms with van der Waals surface area (Å²) in [6, 6.07) is 5.35. The van der Waals surface area contributed by atoms with Gasteiger partial charge in [-0.15, -0.1) is 0 Å². The summed E-state index contributed by atoms with van der Waals surface area (Å²) in [7, 11) is 0. The number of hydrogen-bond donors (Lipinski definition) is 1. The Morgan fingerprint density at radius 2 is 2.06 bits per heavy atom. The van der Waals surface area contributed by atoms with Crippen LogP contribution < -0.4 is 5.32 Å². The third-order valence-electron chi connectivity index (χ3n) is 3.86. The Bertz CT molecular complexity index is 399. The van der Waals surface area contributed by atoms with E-state index in [2.05, 4.69) is 5.32 Å². The third-order valence-corrected chi connectivity index (χ3v) is 3.86. The van der Waals surface area contributed by atoms with Crippen molar-refractivity contribution >= 4 is 5.69 Å². The Labute approximate surface area is 94.8 Å². The molecule has 0 unspecified atom stereocenters. The van der Waals surface area contributed by atoms with Crippen LogP contribution in [0.1, 0.15) is 18.4 Å². The lowest BCUT2D eigenvalue weighted by molar-refractivity contribution is 0.0197. The number of fused-ring (bicyclic) bond motifs is 1. The SMILES string of the molecule is Fc1cccc2c1NCC1(CCOCC1)C2. The molecule has 3 rings (SSSR count). The van der Waals surface area contributed by atoms with Gasteiger partial charge in [0.15, 0.2) is 0 Å². The highest BCUT2D eigenvalue weighted by Crippen LogP contribution is 2.40. The summed E-state index contributed by atoms with van der Waals surface area (Å²) in [6.45, 7) is 2.56. The van der Waals surface area contributed by atoms with Gasteiger partial charge in [-0.1, -0.05) is 12.1 Å². The highest BCUT2D eigenvalue weighted by atomic mass is 19.1. The molecule has 2 nitrogen and oxygen atoms in total. The lowest BCUT2D eigenvalue weighted by Crippen LogP contribution is -2.41. The van der Waals surface area contributed by atoms with Crippen LogP contribution in [0, 0.1) is 11.2 Å². The molecule has 16 heavy (non-hydrogen) atoms. The highest BCUT2D eigenvalue weighted by molar-refractivity contribution is 5.55. The van der Waals surface area contributed by atoms with E-state index in [0.717, 1.165) is 44.6 Å². The first-order valence-corrected chi connectivity index (χ1v) is 5.88. The van der Waals surface area contributed by atoms with Gasteiger partial charge in [-0.2, -0.15) is 0 Å². The van der Waals surface area contributed by atoms with Gasteiger partial charge in [0.1, 0.15) is 5.82 Å². The fraction of sp³-hybridized carbons (Fsp3) is 0.538. The lowest BCUT2D eigenvalue weighted by atomic mass is 9.73. The van der Waals surface area contributed by atoms with Crippen molar-refractivity contribution in [2.45, 2.75) is 19.3 Å². The molecule has 0 saturated carbocycles. The van der Waals surface area contributed by atoms with E-state index in [1.165, 1.54) is 6.07 Å². The number of benzene rings is 1. The maximum Gasteiger partial charge on any atom is 0.146 e. The standard InChI is InChI=1S/C13H16FNO/c14-11-3-1-2-10-8-13(9-15-12(10)11)4-6-16-7-5-13/h1-3,15H,4-9H2. The number of para-hydroxylation sites is 1. The van der Waals surface area contributed by atoms with Crippen molar-refractivity contribution < 1.29 is 9.13 Å². The normalized spacial score (nSPS) is 22.6. The molecule has 1 saturated heterocycles. The van der Waals surface area contributed by atoms with Crippen molar-refractivity contribution in [3.63, 3.8) is 0 Å². The van der Waals surface area contributed by atoms with Crippen LogP contribution in [0.4, 0.5) is 10.1 Å². The van der Waals surface area contributed by atoms with Crippen LogP contribution in [0.3, 0.4) is 0 Å². The van der Waals surface area contributed by atoms with Crippen LogP contribution in [0.25, 0.3) is 0 Å². The quantitative estimate of drug-likeness (QED) is 0.727. The predicted molar refractivity (Wildman–Crippen MR) is 61.1 cm³/mol. The van der Waals surface area contributed by atoms with Crippen LogP contribution >= 0.6 is 0 Å². The van der Waals surface area contributed by atoms with Crippen LogP contribution in [-0.4, -0.2) is 19.8 Å². The van der Waals surface area contributed by atoms with E-state index >= 15 is 0 Å². The monoisotopic (exact) mass is 221 g/mol. The Hall–Kier alpha value is -1.09. The number of halogens is 1. The van der Waals surface area contributed by atoms with Crippen molar-refractivity contribution in [2.24, 2.45) is 5.41 Å². The van der Waals surface area contributed by atoms with Crippen LogP contribution in [0.5, 0.6) is 0 Å². The molecule has 0 atom stereocenters. The van der Waals surface area contributed by atoms with E-state index in [9.17, 15) is 4.39 Å². The Morgan fingerprint density at radius 3 is 2.88 bits per heavy atom. The van der Waals surface area contributed by atoms with Gasteiger partial charge in [0.25, 0.3) is 0 Å². The predicted octanol–water partition coefficient (Wildman–Crippen LogP) is 2.59. The fourth-order valence-electron chi connectivity index (χ4n) is 2.81. The molecule has 1 spiro atoms. The Balaban J connectivity index is 1.91. The molecule has 2 aliphatic rings. The summed E-state index contributed by atoms with van der Waals surface area (Å²) in [5.74, 6) is -0.126. The molecule has 0 aliphatic carbocycles. The number of hydrogen-bond acceptors (Lipinski definition) is 2. The van der Waals surface area contributed by atoms with Crippen molar-refractivity contribution in [1.82, 2.24) is 0 Å². The Kier molecular flexibility index (Phi) is 2.36. The smallest absolute Gasteiger partial charge is 0.146 e. The summed E-state index contributed by atoms with van der Waals surface area (Å²) in [4.78, 5) is 0. The minimum atomic E-state index is -0.126. The molecule has 2 aliphatic heterocycles. The molecule has 0 aromatic heterocycles. The van der Waals surface area contributed by atoms with Gasteiger partial charge in [0, 0.05) is 19.8 Å². The fourth-order valence-corrected chi connectivity index (χ4v) is 2.81. The van der Waals surface area contributed by atoms with Gasteiger partial charge in [-0.25, -0.2) is 4.39 Å². The molecule has 1 N–H and O–H groups in total. The highest BCUT2D eigenvalue weighted by Gasteiger charge is 2.36. The molecule has 2 heterocycles. The first kappa shape index (κ1) is 10.1.